The SMILES string of the molecule is C[C@@H]1O[C@@H](O[C@H]2[C@@H](O)[C@H](OC/C=C/c3ccc(O)c(O)c3)O[C@H](CO)[C@H]2OC(=O)/C=C/c2ccc(O)c(O)c2)[C@H](O)[C@@H](O)[C@H]1O[C@@H]1O[C@H](CO)[C@H](O)[C@H](O)[C@H]1O. The molecule has 310 valence electrons. The molecule has 5 rings (SSSR count). The zero-order chi connectivity index (χ0) is 40.8. The van der Waals surface area contributed by atoms with Gasteiger partial charge >= 0.3 is 5.97 Å². The molecule has 3 fully saturated rings. The van der Waals surface area contributed by atoms with Crippen LogP contribution in [0.1, 0.15) is 18.1 Å². The molecule has 3 aliphatic heterocycles. The fourth-order valence-corrected chi connectivity index (χ4v) is 6.23. The van der Waals surface area contributed by atoms with E-state index in [0.29, 0.717) is 5.56 Å². The van der Waals surface area contributed by atoms with Crippen molar-refractivity contribution in [2.75, 3.05) is 19.8 Å². The Morgan fingerprint density at radius 2 is 1.18 bits per heavy atom. The van der Waals surface area contributed by atoms with Gasteiger partial charge in [-0.2, -0.15) is 0 Å². The van der Waals surface area contributed by atoms with Crippen LogP contribution in [0, 0.1) is 0 Å². The standard InChI is InChI=1S/C36H46O20/c1-15-31(55-36-28(47)26(45)25(44)22(13-37)52-36)27(46)29(48)35(51-15)56-33-30(49)34(50-10-2-3-16-4-7-18(39)20(41)11-16)53-23(14-38)32(33)54-24(43)9-6-17-5-8-19(40)21(42)12-17/h2-9,11-12,15,22-23,25-42,44-49H,10,13-14H2,1H3/b3-2+,9-6+/t15-,22+,23+,25-,26-,27+,28+,29+,30+,31-,32+,33-,34+,35-,36-/m0/s1. The zero-order valence-corrected chi connectivity index (χ0v) is 29.7. The van der Waals surface area contributed by atoms with Crippen LogP contribution in [0.5, 0.6) is 23.0 Å². The van der Waals surface area contributed by atoms with Crippen molar-refractivity contribution in [3.8, 4) is 23.0 Å². The van der Waals surface area contributed by atoms with Gasteiger partial charge in [0.25, 0.3) is 0 Å². The van der Waals surface area contributed by atoms with Gasteiger partial charge < -0.3 is 94.4 Å². The lowest BCUT2D eigenvalue weighted by molar-refractivity contribution is -0.376. The zero-order valence-electron chi connectivity index (χ0n) is 29.7. The van der Waals surface area contributed by atoms with Crippen molar-refractivity contribution in [2.45, 2.75) is 99.0 Å². The van der Waals surface area contributed by atoms with Crippen molar-refractivity contribution >= 4 is 18.1 Å². The van der Waals surface area contributed by atoms with Crippen molar-refractivity contribution in [2.24, 2.45) is 0 Å². The number of hydrogen-bond acceptors (Lipinski definition) is 20. The van der Waals surface area contributed by atoms with Crippen LogP contribution >= 0.6 is 0 Å². The molecule has 3 heterocycles. The lowest BCUT2D eigenvalue weighted by Crippen LogP contribution is -2.66. The van der Waals surface area contributed by atoms with Crippen LogP contribution < -0.4 is 0 Å². The minimum absolute atomic E-state index is 0.226. The van der Waals surface area contributed by atoms with Crippen LogP contribution in [0.4, 0.5) is 0 Å². The molecule has 15 atom stereocenters. The van der Waals surface area contributed by atoms with Gasteiger partial charge in [0.05, 0.1) is 25.9 Å². The van der Waals surface area contributed by atoms with Gasteiger partial charge in [-0.3, -0.25) is 0 Å². The van der Waals surface area contributed by atoms with E-state index in [9.17, 15) is 66.1 Å². The van der Waals surface area contributed by atoms with Crippen molar-refractivity contribution in [1.29, 1.82) is 0 Å². The van der Waals surface area contributed by atoms with Crippen molar-refractivity contribution in [3.63, 3.8) is 0 Å². The van der Waals surface area contributed by atoms with Crippen LogP contribution in [0.15, 0.2) is 48.6 Å². The largest absolute Gasteiger partial charge is 0.504 e. The summed E-state index contributed by atoms with van der Waals surface area (Å²) in [7, 11) is 0. The number of phenolic OH excluding ortho intramolecular Hbond substituents is 4. The molecule has 0 bridgehead atoms. The Balaban J connectivity index is 1.33. The van der Waals surface area contributed by atoms with Crippen molar-refractivity contribution in [1.82, 2.24) is 0 Å². The first-order valence-corrected chi connectivity index (χ1v) is 17.4. The molecule has 20 heteroatoms. The number of hydrogen-bond donors (Lipinski definition) is 12. The first-order valence-electron chi connectivity index (χ1n) is 17.4. The molecule has 3 aliphatic rings. The van der Waals surface area contributed by atoms with E-state index in [-0.39, 0.29) is 23.7 Å². The highest BCUT2D eigenvalue weighted by molar-refractivity contribution is 5.87. The quantitative estimate of drug-likeness (QED) is 0.0556. The van der Waals surface area contributed by atoms with Gasteiger partial charge in [0.15, 0.2) is 48.0 Å². The second kappa shape index (κ2) is 19.0. The molecular weight excluding hydrogens is 752 g/mol. The number of phenols is 4. The summed E-state index contributed by atoms with van der Waals surface area (Å²) in [6, 6.07) is 7.80. The highest BCUT2D eigenvalue weighted by Crippen LogP contribution is 2.34. The molecule has 56 heavy (non-hydrogen) atoms. The molecule has 0 saturated carbocycles. The Bertz CT molecular complexity index is 1670. The number of carbonyl (C=O) groups excluding carboxylic acids is 1. The first kappa shape index (κ1) is 43.2. The van der Waals surface area contributed by atoms with E-state index in [2.05, 4.69) is 0 Å². The minimum atomic E-state index is -1.97. The van der Waals surface area contributed by atoms with Gasteiger partial charge in [-0.1, -0.05) is 24.3 Å². The second-order valence-electron chi connectivity index (χ2n) is 13.3. The summed E-state index contributed by atoms with van der Waals surface area (Å²) in [5.41, 5.74) is 0.769. The van der Waals surface area contributed by atoms with E-state index >= 15 is 0 Å². The first-order chi connectivity index (χ1) is 26.6. The topological polar surface area (TPSA) is 324 Å². The lowest BCUT2D eigenvalue weighted by atomic mass is 9.96. The number of aliphatic hydroxyl groups is 8. The van der Waals surface area contributed by atoms with Crippen molar-refractivity contribution < 1.29 is 99.2 Å². The molecule has 20 nitrogen and oxygen atoms in total. The summed E-state index contributed by atoms with van der Waals surface area (Å²) >= 11 is 0. The molecule has 0 unspecified atom stereocenters. The maximum absolute atomic E-state index is 13.0. The summed E-state index contributed by atoms with van der Waals surface area (Å²) < 4.78 is 39.7. The molecule has 2 aromatic carbocycles. The molecule has 0 spiro atoms. The number of esters is 1. The third-order valence-electron chi connectivity index (χ3n) is 9.33. The van der Waals surface area contributed by atoms with Crippen LogP contribution in [0.2, 0.25) is 0 Å². The normalized spacial score (nSPS) is 36.6. The Labute approximate surface area is 318 Å². The average molecular weight is 799 g/mol. The van der Waals surface area contributed by atoms with Gasteiger partial charge in [-0.15, -0.1) is 0 Å². The van der Waals surface area contributed by atoms with Crippen molar-refractivity contribution in [3.05, 3.63) is 59.7 Å². The summed E-state index contributed by atoms with van der Waals surface area (Å²) in [4.78, 5) is 13.0. The van der Waals surface area contributed by atoms with Crippen LogP contribution in [-0.4, -0.2) is 179 Å². The van der Waals surface area contributed by atoms with Crippen LogP contribution in [0.25, 0.3) is 12.2 Å². The lowest BCUT2D eigenvalue weighted by Gasteiger charge is -2.48. The van der Waals surface area contributed by atoms with E-state index in [1.165, 1.54) is 61.5 Å². The number of aromatic hydroxyl groups is 4. The molecular formula is C36H46O20. The Hall–Kier alpha value is -3.97. The summed E-state index contributed by atoms with van der Waals surface area (Å²) in [5, 5.41) is 123. The third kappa shape index (κ3) is 9.93. The monoisotopic (exact) mass is 798 g/mol. The molecule has 2 aromatic rings. The van der Waals surface area contributed by atoms with Gasteiger partial charge in [-0.25, -0.2) is 4.79 Å². The maximum Gasteiger partial charge on any atom is 0.331 e. The Morgan fingerprint density at radius 3 is 1.79 bits per heavy atom. The van der Waals surface area contributed by atoms with E-state index in [0.717, 1.165) is 6.08 Å². The predicted molar refractivity (Wildman–Crippen MR) is 185 cm³/mol. The fraction of sp³-hybridized carbons (Fsp3) is 0.528. The smallest absolute Gasteiger partial charge is 0.331 e. The van der Waals surface area contributed by atoms with Gasteiger partial charge in [0.1, 0.15) is 61.0 Å². The molecule has 0 aromatic heterocycles. The van der Waals surface area contributed by atoms with Crippen LogP contribution in [-0.2, 0) is 38.0 Å². The molecule has 3 saturated heterocycles. The summed E-state index contributed by atoms with van der Waals surface area (Å²) in [5.74, 6) is -2.58. The molecule has 12 N–H and O–H groups in total. The second-order valence-corrected chi connectivity index (χ2v) is 13.3. The average Bonchev–Trinajstić information content (AvgIpc) is 3.17. The number of rotatable bonds is 13. The summed E-state index contributed by atoms with van der Waals surface area (Å²) in [6.45, 7) is -0.412. The minimum Gasteiger partial charge on any atom is -0.504 e. The van der Waals surface area contributed by atoms with Crippen LogP contribution in [0.3, 0.4) is 0 Å². The highest BCUT2D eigenvalue weighted by atomic mass is 16.8. The summed E-state index contributed by atoms with van der Waals surface area (Å²) in [6.07, 6.45) is -19.6. The Morgan fingerprint density at radius 1 is 0.625 bits per heavy atom. The number of benzene rings is 2. The van der Waals surface area contributed by atoms with E-state index in [4.69, 9.17) is 33.2 Å². The molecule has 0 amide bonds. The number of aliphatic hydroxyl groups excluding tert-OH is 8. The van der Waals surface area contributed by atoms with Gasteiger partial charge in [0, 0.05) is 6.08 Å². The highest BCUT2D eigenvalue weighted by Gasteiger charge is 2.54. The van der Waals surface area contributed by atoms with E-state index in [1.54, 1.807) is 0 Å². The molecule has 0 radical (unpaired) electrons. The van der Waals surface area contributed by atoms with Gasteiger partial charge in [-0.05, 0) is 48.4 Å². The van der Waals surface area contributed by atoms with E-state index < -0.39 is 123 Å². The van der Waals surface area contributed by atoms with E-state index in [1.807, 2.05) is 0 Å². The number of ether oxygens (including phenoxy) is 7. The number of carbonyl (C=O) groups is 1. The third-order valence-corrected chi connectivity index (χ3v) is 9.33. The molecule has 0 aliphatic carbocycles. The Kier molecular flexibility index (Phi) is 14.6. The van der Waals surface area contributed by atoms with Gasteiger partial charge in [0.2, 0.25) is 0 Å². The maximum atomic E-state index is 13.0. The predicted octanol–water partition coefficient (Wildman–Crippen LogP) is -2.72. The fourth-order valence-electron chi connectivity index (χ4n) is 6.23.